The molecule has 1 N–H and O–H groups in total. The molecule has 0 atom stereocenters. The zero-order valence-corrected chi connectivity index (χ0v) is 19.9. The molecule has 0 amide bonds. The molecule has 0 aliphatic heterocycles. The van der Waals surface area contributed by atoms with Crippen molar-refractivity contribution in [2.24, 2.45) is 4.99 Å². The predicted molar refractivity (Wildman–Crippen MR) is 138 cm³/mol. The number of hydrogen-bond acceptors (Lipinski definition) is 7. The van der Waals surface area contributed by atoms with Crippen LogP contribution in [-0.2, 0) is 0 Å². The maximum Gasteiger partial charge on any atom is 0.168 e. The molecular formula is C28H28N4O3. The van der Waals surface area contributed by atoms with Crippen LogP contribution >= 0.6 is 0 Å². The number of aromatic nitrogens is 1. The Kier molecular flexibility index (Phi) is 7.97. The topological polar surface area (TPSA) is 88.8 Å². The van der Waals surface area contributed by atoms with E-state index in [9.17, 15) is 0 Å². The standard InChI is InChI=1S/C28H28N4O3/c1-33-23-13-14-24(25(17-23)32-27-15-12-20(18-29)19-31-27)30-16-6-8-21-7-5-11-26(34-2)28(21)35-22-9-3-4-10-22/h5-8,11-17,19,22H,3-4,9-10H2,1-2H3,(H,31,32). The third-order valence-electron chi connectivity index (χ3n) is 5.75. The molecule has 7 nitrogen and oxygen atoms in total. The summed E-state index contributed by atoms with van der Waals surface area (Å²) in [7, 11) is 3.27. The van der Waals surface area contributed by atoms with Crippen LogP contribution in [0.2, 0.25) is 0 Å². The molecule has 0 saturated heterocycles. The molecule has 1 saturated carbocycles. The van der Waals surface area contributed by atoms with Gasteiger partial charge in [-0.2, -0.15) is 5.26 Å². The van der Waals surface area contributed by atoms with Gasteiger partial charge in [0.25, 0.3) is 0 Å². The number of benzene rings is 2. The van der Waals surface area contributed by atoms with E-state index in [4.69, 9.17) is 19.5 Å². The van der Waals surface area contributed by atoms with Crippen molar-refractivity contribution in [3.63, 3.8) is 0 Å². The van der Waals surface area contributed by atoms with Crippen LogP contribution in [-0.4, -0.2) is 31.5 Å². The highest BCUT2D eigenvalue weighted by atomic mass is 16.5. The monoisotopic (exact) mass is 468 g/mol. The molecule has 1 aromatic heterocycles. The fraction of sp³-hybridized carbons (Fsp3) is 0.250. The molecular weight excluding hydrogens is 440 g/mol. The minimum Gasteiger partial charge on any atom is -0.497 e. The zero-order valence-electron chi connectivity index (χ0n) is 19.9. The van der Waals surface area contributed by atoms with Crippen LogP contribution in [0.25, 0.3) is 6.08 Å². The highest BCUT2D eigenvalue weighted by molar-refractivity contribution is 5.84. The van der Waals surface area contributed by atoms with Crippen LogP contribution in [0.4, 0.5) is 17.2 Å². The number of nitriles is 1. The van der Waals surface area contributed by atoms with E-state index >= 15 is 0 Å². The lowest BCUT2D eigenvalue weighted by atomic mass is 10.1. The van der Waals surface area contributed by atoms with Crippen molar-refractivity contribution in [1.82, 2.24) is 4.98 Å². The van der Waals surface area contributed by atoms with E-state index in [-0.39, 0.29) is 6.10 Å². The highest BCUT2D eigenvalue weighted by Crippen LogP contribution is 2.36. The SMILES string of the molecule is COc1ccc(N=CC=Cc2cccc(OC)c2OC2CCCC2)c(Nc2ccc(C#N)cn2)c1. The van der Waals surface area contributed by atoms with E-state index in [1.54, 1.807) is 32.6 Å². The zero-order chi connectivity index (χ0) is 24.5. The van der Waals surface area contributed by atoms with Crippen LogP contribution in [0.1, 0.15) is 36.8 Å². The molecule has 4 rings (SSSR count). The number of para-hydroxylation sites is 1. The molecule has 0 bridgehead atoms. The first kappa shape index (κ1) is 23.8. The van der Waals surface area contributed by atoms with Crippen LogP contribution < -0.4 is 19.5 Å². The van der Waals surface area contributed by atoms with E-state index in [1.807, 2.05) is 48.6 Å². The van der Waals surface area contributed by atoms with Crippen LogP contribution in [0.5, 0.6) is 17.2 Å². The summed E-state index contributed by atoms with van der Waals surface area (Å²) in [5, 5.41) is 12.2. The number of ether oxygens (including phenoxy) is 3. The summed E-state index contributed by atoms with van der Waals surface area (Å²) in [6.07, 6.45) is 11.9. The number of aliphatic imine (C=N–C) groups is 1. The van der Waals surface area contributed by atoms with Crippen molar-refractivity contribution in [3.05, 3.63) is 71.9 Å². The van der Waals surface area contributed by atoms with Gasteiger partial charge in [-0.05, 0) is 68.2 Å². The number of methoxy groups -OCH3 is 2. The first-order valence-corrected chi connectivity index (χ1v) is 11.6. The van der Waals surface area contributed by atoms with E-state index in [0.29, 0.717) is 17.1 Å². The lowest BCUT2D eigenvalue weighted by molar-refractivity contribution is 0.200. The average molecular weight is 469 g/mol. The Hall–Kier alpha value is -4.31. The van der Waals surface area contributed by atoms with Gasteiger partial charge < -0.3 is 19.5 Å². The summed E-state index contributed by atoms with van der Waals surface area (Å²) < 4.78 is 17.2. The minimum absolute atomic E-state index is 0.232. The Morgan fingerprint density at radius 2 is 1.94 bits per heavy atom. The van der Waals surface area contributed by atoms with Crippen molar-refractivity contribution in [2.75, 3.05) is 19.5 Å². The number of nitrogens with zero attached hydrogens (tertiary/aromatic N) is 3. The van der Waals surface area contributed by atoms with E-state index in [1.165, 1.54) is 19.0 Å². The van der Waals surface area contributed by atoms with E-state index < -0.39 is 0 Å². The van der Waals surface area contributed by atoms with Gasteiger partial charge in [-0.15, -0.1) is 0 Å². The van der Waals surface area contributed by atoms with Gasteiger partial charge in [0.05, 0.1) is 37.3 Å². The Balaban J connectivity index is 1.54. The van der Waals surface area contributed by atoms with Crippen molar-refractivity contribution in [3.8, 4) is 23.3 Å². The average Bonchev–Trinajstić information content (AvgIpc) is 3.41. The highest BCUT2D eigenvalue weighted by Gasteiger charge is 2.19. The molecule has 0 unspecified atom stereocenters. The summed E-state index contributed by atoms with van der Waals surface area (Å²) >= 11 is 0. The number of hydrogen-bond donors (Lipinski definition) is 1. The van der Waals surface area contributed by atoms with Gasteiger partial charge in [0.15, 0.2) is 11.5 Å². The van der Waals surface area contributed by atoms with Gasteiger partial charge >= 0.3 is 0 Å². The summed E-state index contributed by atoms with van der Waals surface area (Å²) in [5.41, 5.74) is 2.89. The molecule has 35 heavy (non-hydrogen) atoms. The molecule has 0 radical (unpaired) electrons. The first-order chi connectivity index (χ1) is 17.2. The van der Waals surface area contributed by atoms with Gasteiger partial charge in [-0.25, -0.2) is 4.98 Å². The van der Waals surface area contributed by atoms with Crippen molar-refractivity contribution >= 4 is 29.5 Å². The Labute approximate surface area is 205 Å². The van der Waals surface area contributed by atoms with Gasteiger partial charge in [0, 0.05) is 24.0 Å². The van der Waals surface area contributed by atoms with Crippen molar-refractivity contribution < 1.29 is 14.2 Å². The number of pyridine rings is 1. The van der Waals surface area contributed by atoms with Gasteiger partial charge in [0.2, 0.25) is 0 Å². The van der Waals surface area contributed by atoms with E-state index in [0.717, 1.165) is 41.3 Å². The van der Waals surface area contributed by atoms with Crippen molar-refractivity contribution in [2.45, 2.75) is 31.8 Å². The third kappa shape index (κ3) is 6.18. The molecule has 0 spiro atoms. The van der Waals surface area contributed by atoms with Crippen molar-refractivity contribution in [1.29, 1.82) is 5.26 Å². The molecule has 3 aromatic rings. The normalized spacial score (nSPS) is 13.7. The Morgan fingerprint density at radius 3 is 2.66 bits per heavy atom. The predicted octanol–water partition coefficient (Wildman–Crippen LogP) is 6.45. The maximum atomic E-state index is 8.98. The molecule has 1 aliphatic carbocycles. The van der Waals surface area contributed by atoms with E-state index in [2.05, 4.69) is 21.4 Å². The fourth-order valence-corrected chi connectivity index (χ4v) is 3.92. The largest absolute Gasteiger partial charge is 0.497 e. The Bertz CT molecular complexity index is 1240. The third-order valence-corrected chi connectivity index (χ3v) is 5.75. The molecule has 7 heteroatoms. The summed E-state index contributed by atoms with van der Waals surface area (Å²) in [6, 6.07) is 17.0. The van der Waals surface area contributed by atoms with Crippen LogP contribution in [0, 0.1) is 11.3 Å². The maximum absolute atomic E-state index is 8.98. The fourth-order valence-electron chi connectivity index (χ4n) is 3.92. The van der Waals surface area contributed by atoms with Gasteiger partial charge in [0.1, 0.15) is 17.6 Å². The second-order valence-electron chi connectivity index (χ2n) is 8.09. The Morgan fingerprint density at radius 1 is 1.09 bits per heavy atom. The summed E-state index contributed by atoms with van der Waals surface area (Å²) in [5.74, 6) is 2.80. The number of anilines is 2. The lowest BCUT2D eigenvalue weighted by Crippen LogP contribution is -2.12. The molecule has 178 valence electrons. The number of allylic oxidation sites excluding steroid dienone is 1. The smallest absolute Gasteiger partial charge is 0.168 e. The van der Waals surface area contributed by atoms with Gasteiger partial charge in [-0.1, -0.05) is 12.1 Å². The minimum atomic E-state index is 0.232. The molecule has 1 fully saturated rings. The second-order valence-corrected chi connectivity index (χ2v) is 8.09. The summed E-state index contributed by atoms with van der Waals surface area (Å²) in [6.45, 7) is 0. The van der Waals surface area contributed by atoms with Gasteiger partial charge in [-0.3, -0.25) is 4.99 Å². The van der Waals surface area contributed by atoms with Crippen LogP contribution in [0.15, 0.2) is 65.8 Å². The molecule has 1 heterocycles. The number of nitrogens with one attached hydrogen (secondary N) is 1. The lowest BCUT2D eigenvalue weighted by Gasteiger charge is -2.17. The first-order valence-electron chi connectivity index (χ1n) is 11.6. The quantitative estimate of drug-likeness (QED) is 0.363. The molecule has 1 aliphatic rings. The number of rotatable bonds is 9. The summed E-state index contributed by atoms with van der Waals surface area (Å²) in [4.78, 5) is 8.90. The second kappa shape index (κ2) is 11.7. The molecule has 2 aromatic carbocycles. The van der Waals surface area contributed by atoms with Crippen LogP contribution in [0.3, 0.4) is 0 Å².